The summed E-state index contributed by atoms with van der Waals surface area (Å²) < 4.78 is 0. The molecule has 0 atom stereocenters. The zero-order valence-corrected chi connectivity index (χ0v) is 12.4. The lowest BCUT2D eigenvalue weighted by molar-refractivity contribution is -0.137. The first-order valence-corrected chi connectivity index (χ1v) is 6.71. The van der Waals surface area contributed by atoms with Crippen molar-refractivity contribution in [2.24, 2.45) is 0 Å². The third-order valence-corrected chi connectivity index (χ3v) is 2.88. The van der Waals surface area contributed by atoms with Crippen LogP contribution in [0.15, 0.2) is 24.3 Å². The van der Waals surface area contributed by atoms with E-state index in [1.807, 2.05) is 13.8 Å². The van der Waals surface area contributed by atoms with Crippen molar-refractivity contribution >= 4 is 23.5 Å². The molecule has 0 aromatic heterocycles. The van der Waals surface area contributed by atoms with Crippen molar-refractivity contribution in [2.75, 3.05) is 11.9 Å². The number of benzene rings is 1. The Kier molecular flexibility index (Phi) is 5.90. The molecule has 0 fully saturated rings. The van der Waals surface area contributed by atoms with Gasteiger partial charge in [0.25, 0.3) is 5.91 Å². The van der Waals surface area contributed by atoms with Crippen LogP contribution in [0.25, 0.3) is 0 Å². The number of anilines is 1. The highest BCUT2D eigenvalue weighted by Crippen LogP contribution is 2.14. The molecule has 0 aliphatic rings. The third-order valence-electron chi connectivity index (χ3n) is 2.88. The number of carboxylic acid groups (broad SMARTS) is 1. The Morgan fingerprint density at radius 2 is 1.95 bits per heavy atom. The Bertz CT molecular complexity index is 540. The number of carbonyl (C=O) groups is 3. The number of amides is 2. The third kappa shape index (κ3) is 5.25. The van der Waals surface area contributed by atoms with E-state index in [-0.39, 0.29) is 30.8 Å². The van der Waals surface area contributed by atoms with Crippen molar-refractivity contribution < 1.29 is 19.5 Å². The molecule has 21 heavy (non-hydrogen) atoms. The van der Waals surface area contributed by atoms with Crippen LogP contribution in [0.4, 0.5) is 5.69 Å². The van der Waals surface area contributed by atoms with Gasteiger partial charge in [-0.15, -0.1) is 0 Å². The maximum absolute atomic E-state index is 12.5. The minimum absolute atomic E-state index is 0.102. The van der Waals surface area contributed by atoms with E-state index in [0.29, 0.717) is 11.3 Å². The number of aliphatic carboxylic acids is 1. The van der Waals surface area contributed by atoms with Crippen LogP contribution in [0.2, 0.25) is 0 Å². The zero-order valence-electron chi connectivity index (χ0n) is 12.4. The molecule has 0 aliphatic carbocycles. The zero-order chi connectivity index (χ0) is 16.0. The first kappa shape index (κ1) is 16.7. The predicted octanol–water partition coefficient (Wildman–Crippen LogP) is 1.97. The molecule has 2 N–H and O–H groups in total. The minimum Gasteiger partial charge on any atom is -0.481 e. The number of carbonyl (C=O) groups excluding carboxylic acids is 2. The van der Waals surface area contributed by atoms with Crippen LogP contribution in [0, 0.1) is 0 Å². The van der Waals surface area contributed by atoms with E-state index >= 15 is 0 Å². The largest absolute Gasteiger partial charge is 0.481 e. The van der Waals surface area contributed by atoms with Gasteiger partial charge >= 0.3 is 5.97 Å². The summed E-state index contributed by atoms with van der Waals surface area (Å²) in [6.45, 7) is 5.20. The van der Waals surface area contributed by atoms with Crippen molar-refractivity contribution in [2.45, 2.75) is 33.2 Å². The standard InChI is InChI=1S/C15H20N2O4/c1-10(2)17(8-7-14(19)20)15(21)12-5-4-6-13(9-12)16-11(3)18/h4-6,9-10H,7-8H2,1-3H3,(H,16,18)(H,19,20). The molecule has 1 rings (SSSR count). The molecular formula is C15H20N2O4. The lowest BCUT2D eigenvalue weighted by Gasteiger charge is -2.26. The summed E-state index contributed by atoms with van der Waals surface area (Å²) in [5.74, 6) is -1.41. The maximum atomic E-state index is 12.5. The Hall–Kier alpha value is -2.37. The van der Waals surface area contributed by atoms with Crippen molar-refractivity contribution in [1.29, 1.82) is 0 Å². The van der Waals surface area contributed by atoms with E-state index in [1.165, 1.54) is 11.8 Å². The van der Waals surface area contributed by atoms with Crippen molar-refractivity contribution in [3.05, 3.63) is 29.8 Å². The van der Waals surface area contributed by atoms with Gasteiger partial charge in [-0.1, -0.05) is 6.07 Å². The molecule has 0 heterocycles. The van der Waals surface area contributed by atoms with Crippen molar-refractivity contribution in [1.82, 2.24) is 4.90 Å². The molecule has 0 saturated carbocycles. The van der Waals surface area contributed by atoms with Gasteiger partial charge in [0.15, 0.2) is 0 Å². The first-order chi connectivity index (χ1) is 9.81. The average molecular weight is 292 g/mol. The van der Waals surface area contributed by atoms with Gasteiger partial charge in [-0.05, 0) is 32.0 Å². The SMILES string of the molecule is CC(=O)Nc1cccc(C(=O)N(CCC(=O)O)C(C)C)c1. The van der Waals surface area contributed by atoms with E-state index in [4.69, 9.17) is 5.11 Å². The van der Waals surface area contributed by atoms with E-state index in [0.717, 1.165) is 0 Å². The highest BCUT2D eigenvalue weighted by Gasteiger charge is 2.19. The van der Waals surface area contributed by atoms with Gasteiger partial charge in [-0.2, -0.15) is 0 Å². The van der Waals surface area contributed by atoms with Gasteiger partial charge < -0.3 is 15.3 Å². The molecule has 6 heteroatoms. The van der Waals surface area contributed by atoms with Crippen molar-refractivity contribution in [3.63, 3.8) is 0 Å². The molecule has 0 saturated heterocycles. The number of nitrogens with one attached hydrogen (secondary N) is 1. The van der Waals surface area contributed by atoms with Crippen molar-refractivity contribution in [3.8, 4) is 0 Å². The van der Waals surface area contributed by atoms with Gasteiger partial charge in [0.2, 0.25) is 5.91 Å². The summed E-state index contributed by atoms with van der Waals surface area (Å²) >= 11 is 0. The minimum atomic E-state index is -0.944. The fraction of sp³-hybridized carbons (Fsp3) is 0.400. The number of carboxylic acids is 1. The second kappa shape index (κ2) is 7.42. The molecule has 0 unspecified atom stereocenters. The van der Waals surface area contributed by atoms with Gasteiger partial charge in [0.05, 0.1) is 6.42 Å². The highest BCUT2D eigenvalue weighted by atomic mass is 16.4. The maximum Gasteiger partial charge on any atom is 0.305 e. The Morgan fingerprint density at radius 1 is 1.29 bits per heavy atom. The molecule has 0 bridgehead atoms. The molecule has 0 aliphatic heterocycles. The molecular weight excluding hydrogens is 272 g/mol. The topological polar surface area (TPSA) is 86.7 Å². The van der Waals surface area contributed by atoms with E-state index in [2.05, 4.69) is 5.32 Å². The summed E-state index contributed by atoms with van der Waals surface area (Å²) in [5, 5.41) is 11.4. The summed E-state index contributed by atoms with van der Waals surface area (Å²) in [6, 6.07) is 6.48. The van der Waals surface area contributed by atoms with Gasteiger partial charge in [0.1, 0.15) is 0 Å². The first-order valence-electron chi connectivity index (χ1n) is 6.71. The van der Waals surface area contributed by atoms with Crippen LogP contribution in [0.3, 0.4) is 0 Å². The number of hydrogen-bond acceptors (Lipinski definition) is 3. The van der Waals surface area contributed by atoms with Crippen LogP contribution in [-0.2, 0) is 9.59 Å². The number of hydrogen-bond donors (Lipinski definition) is 2. The summed E-state index contributed by atoms with van der Waals surface area (Å²) in [4.78, 5) is 35.7. The Balaban J connectivity index is 2.92. The molecule has 6 nitrogen and oxygen atoms in total. The van der Waals surface area contributed by atoms with Crippen LogP contribution >= 0.6 is 0 Å². The molecule has 0 spiro atoms. The fourth-order valence-corrected chi connectivity index (χ4v) is 1.91. The summed E-state index contributed by atoms with van der Waals surface area (Å²) in [5.41, 5.74) is 0.954. The molecule has 0 radical (unpaired) electrons. The summed E-state index contributed by atoms with van der Waals surface area (Å²) in [6.07, 6.45) is -0.102. The van der Waals surface area contributed by atoms with Crippen LogP contribution in [-0.4, -0.2) is 40.4 Å². The van der Waals surface area contributed by atoms with Gasteiger partial charge in [-0.3, -0.25) is 14.4 Å². The van der Waals surface area contributed by atoms with Gasteiger partial charge in [0, 0.05) is 30.8 Å². The normalized spacial score (nSPS) is 10.3. The molecule has 2 amide bonds. The predicted molar refractivity (Wildman–Crippen MR) is 79.2 cm³/mol. The van der Waals surface area contributed by atoms with E-state index < -0.39 is 5.97 Å². The molecule has 114 valence electrons. The van der Waals surface area contributed by atoms with Crippen LogP contribution < -0.4 is 5.32 Å². The Labute approximate surface area is 123 Å². The fourth-order valence-electron chi connectivity index (χ4n) is 1.91. The van der Waals surface area contributed by atoms with Gasteiger partial charge in [-0.25, -0.2) is 0 Å². The average Bonchev–Trinajstić information content (AvgIpc) is 2.37. The Morgan fingerprint density at radius 3 is 2.48 bits per heavy atom. The van der Waals surface area contributed by atoms with Crippen LogP contribution in [0.5, 0.6) is 0 Å². The highest BCUT2D eigenvalue weighted by molar-refractivity contribution is 5.97. The number of rotatable bonds is 6. The number of nitrogens with zero attached hydrogens (tertiary/aromatic N) is 1. The van der Waals surface area contributed by atoms with E-state index in [9.17, 15) is 14.4 Å². The summed E-state index contributed by atoms with van der Waals surface area (Å²) in [7, 11) is 0. The molecule has 1 aromatic rings. The van der Waals surface area contributed by atoms with Crippen LogP contribution in [0.1, 0.15) is 37.6 Å². The second-order valence-corrected chi connectivity index (χ2v) is 5.00. The quantitative estimate of drug-likeness (QED) is 0.839. The smallest absolute Gasteiger partial charge is 0.305 e. The van der Waals surface area contributed by atoms with E-state index in [1.54, 1.807) is 24.3 Å². The lowest BCUT2D eigenvalue weighted by atomic mass is 10.1. The lowest BCUT2D eigenvalue weighted by Crippen LogP contribution is -2.38. The monoisotopic (exact) mass is 292 g/mol. The molecule has 1 aromatic carbocycles. The second-order valence-electron chi connectivity index (χ2n) is 5.00.